The molecular formula is C17H20N4O3. The molecule has 0 aliphatic carbocycles. The Kier molecular flexibility index (Phi) is 4.61. The van der Waals surface area contributed by atoms with Gasteiger partial charge in [-0.15, -0.1) is 0 Å². The van der Waals surface area contributed by atoms with E-state index in [1.54, 1.807) is 20.4 Å². The van der Waals surface area contributed by atoms with Gasteiger partial charge in [0, 0.05) is 24.3 Å². The molecule has 2 heterocycles. The summed E-state index contributed by atoms with van der Waals surface area (Å²) in [4.78, 5) is 0. The molecule has 0 atom stereocenters. The van der Waals surface area contributed by atoms with Gasteiger partial charge in [-0.2, -0.15) is 15.3 Å². The molecule has 0 radical (unpaired) electrons. The van der Waals surface area contributed by atoms with Crippen LogP contribution >= 0.6 is 0 Å². The van der Waals surface area contributed by atoms with Crippen molar-refractivity contribution in [3.8, 4) is 17.2 Å². The van der Waals surface area contributed by atoms with Gasteiger partial charge in [-0.3, -0.25) is 0 Å². The summed E-state index contributed by atoms with van der Waals surface area (Å²) in [6.07, 6.45) is 3.54. The first-order chi connectivity index (χ1) is 11.7. The van der Waals surface area contributed by atoms with Gasteiger partial charge in [-0.25, -0.2) is 4.68 Å². The van der Waals surface area contributed by atoms with Crippen LogP contribution in [0.5, 0.6) is 11.5 Å². The molecule has 24 heavy (non-hydrogen) atoms. The lowest BCUT2D eigenvalue weighted by Gasteiger charge is -2.13. The van der Waals surface area contributed by atoms with Gasteiger partial charge in [0.15, 0.2) is 11.5 Å². The Bertz CT molecular complexity index is 860. The van der Waals surface area contributed by atoms with Crippen molar-refractivity contribution in [2.24, 2.45) is 0 Å². The highest BCUT2D eigenvalue weighted by Gasteiger charge is 2.14. The SMILES string of the molecule is COCCOc1cc2c(-n3ncc(C)c3C)cnnc2cc1OC. The topological polar surface area (TPSA) is 71.3 Å². The minimum Gasteiger partial charge on any atom is -0.493 e. The Hall–Kier alpha value is -2.67. The molecule has 0 unspecified atom stereocenters. The van der Waals surface area contributed by atoms with E-state index in [0.29, 0.717) is 24.7 Å². The van der Waals surface area contributed by atoms with Crippen LogP contribution in [0.15, 0.2) is 24.5 Å². The molecule has 126 valence electrons. The number of rotatable bonds is 6. The number of aromatic nitrogens is 4. The van der Waals surface area contributed by atoms with E-state index in [1.807, 2.05) is 36.9 Å². The fraction of sp³-hybridized carbons (Fsp3) is 0.353. The van der Waals surface area contributed by atoms with Crippen LogP contribution in [-0.4, -0.2) is 47.4 Å². The number of aryl methyl sites for hydroxylation is 1. The average Bonchev–Trinajstić information content (AvgIpc) is 2.93. The lowest BCUT2D eigenvalue weighted by molar-refractivity contribution is 0.144. The van der Waals surface area contributed by atoms with Crippen molar-refractivity contribution in [1.82, 2.24) is 20.0 Å². The Labute approximate surface area is 140 Å². The first-order valence-electron chi connectivity index (χ1n) is 7.62. The Morgan fingerprint density at radius 2 is 1.88 bits per heavy atom. The van der Waals surface area contributed by atoms with Crippen LogP contribution in [0.2, 0.25) is 0 Å². The van der Waals surface area contributed by atoms with Crippen molar-refractivity contribution in [2.75, 3.05) is 27.4 Å². The third kappa shape index (κ3) is 2.90. The van der Waals surface area contributed by atoms with Gasteiger partial charge in [-0.05, 0) is 25.5 Å². The molecule has 0 fully saturated rings. The summed E-state index contributed by atoms with van der Waals surface area (Å²) in [5, 5.41) is 13.6. The third-order valence-corrected chi connectivity index (χ3v) is 3.93. The van der Waals surface area contributed by atoms with Gasteiger partial charge in [0.05, 0.1) is 37.3 Å². The zero-order chi connectivity index (χ0) is 17.1. The van der Waals surface area contributed by atoms with E-state index in [0.717, 1.165) is 27.8 Å². The summed E-state index contributed by atoms with van der Waals surface area (Å²) < 4.78 is 18.1. The van der Waals surface area contributed by atoms with Gasteiger partial charge < -0.3 is 14.2 Å². The third-order valence-electron chi connectivity index (χ3n) is 3.93. The van der Waals surface area contributed by atoms with Crippen molar-refractivity contribution < 1.29 is 14.2 Å². The summed E-state index contributed by atoms with van der Waals surface area (Å²) in [5.74, 6) is 1.25. The minimum absolute atomic E-state index is 0.437. The van der Waals surface area contributed by atoms with Crippen LogP contribution < -0.4 is 9.47 Å². The van der Waals surface area contributed by atoms with Crippen LogP contribution in [0.4, 0.5) is 0 Å². The molecule has 1 aromatic carbocycles. The molecule has 0 aliphatic rings. The summed E-state index contributed by atoms with van der Waals surface area (Å²) >= 11 is 0. The van der Waals surface area contributed by atoms with Crippen molar-refractivity contribution in [3.05, 3.63) is 35.8 Å². The largest absolute Gasteiger partial charge is 0.493 e. The zero-order valence-electron chi connectivity index (χ0n) is 14.2. The molecule has 0 saturated carbocycles. The van der Waals surface area contributed by atoms with Gasteiger partial charge >= 0.3 is 0 Å². The highest BCUT2D eigenvalue weighted by molar-refractivity contribution is 5.89. The first-order valence-corrected chi connectivity index (χ1v) is 7.62. The van der Waals surface area contributed by atoms with E-state index < -0.39 is 0 Å². The van der Waals surface area contributed by atoms with E-state index >= 15 is 0 Å². The summed E-state index contributed by atoms with van der Waals surface area (Å²) in [6, 6.07) is 3.73. The molecule has 0 amide bonds. The van der Waals surface area contributed by atoms with Crippen LogP contribution in [0, 0.1) is 13.8 Å². The Morgan fingerprint density at radius 1 is 1.04 bits per heavy atom. The lowest BCUT2D eigenvalue weighted by atomic mass is 10.1. The number of methoxy groups -OCH3 is 2. The number of nitrogens with zero attached hydrogens (tertiary/aromatic N) is 4. The fourth-order valence-electron chi connectivity index (χ4n) is 2.46. The maximum atomic E-state index is 5.78. The second-order valence-electron chi connectivity index (χ2n) is 5.42. The molecule has 0 spiro atoms. The normalized spacial score (nSPS) is 11.0. The predicted octanol–water partition coefficient (Wildman–Crippen LogP) is 2.47. The second-order valence-corrected chi connectivity index (χ2v) is 5.42. The molecule has 7 nitrogen and oxygen atoms in total. The second kappa shape index (κ2) is 6.84. The summed E-state index contributed by atoms with van der Waals surface area (Å²) in [5.41, 5.74) is 3.74. The number of fused-ring (bicyclic) bond motifs is 1. The average molecular weight is 328 g/mol. The first kappa shape index (κ1) is 16.2. The summed E-state index contributed by atoms with van der Waals surface area (Å²) in [6.45, 7) is 4.98. The van der Waals surface area contributed by atoms with E-state index in [1.165, 1.54) is 0 Å². The predicted molar refractivity (Wildman–Crippen MR) is 90.1 cm³/mol. The van der Waals surface area contributed by atoms with Gasteiger partial charge in [-0.1, -0.05) is 0 Å². The van der Waals surface area contributed by atoms with Crippen molar-refractivity contribution in [2.45, 2.75) is 13.8 Å². The highest BCUT2D eigenvalue weighted by Crippen LogP contribution is 2.34. The molecule has 0 N–H and O–H groups in total. The summed E-state index contributed by atoms with van der Waals surface area (Å²) in [7, 11) is 3.24. The molecule has 3 aromatic rings. The van der Waals surface area contributed by atoms with Crippen molar-refractivity contribution in [3.63, 3.8) is 0 Å². The quantitative estimate of drug-likeness (QED) is 0.647. The maximum Gasteiger partial charge on any atom is 0.163 e. The van der Waals surface area contributed by atoms with Crippen LogP contribution in [-0.2, 0) is 4.74 Å². The van der Waals surface area contributed by atoms with Crippen LogP contribution in [0.3, 0.4) is 0 Å². The van der Waals surface area contributed by atoms with Gasteiger partial charge in [0.25, 0.3) is 0 Å². The lowest BCUT2D eigenvalue weighted by Crippen LogP contribution is -2.06. The zero-order valence-corrected chi connectivity index (χ0v) is 14.2. The van der Waals surface area contributed by atoms with Crippen molar-refractivity contribution >= 4 is 10.9 Å². The van der Waals surface area contributed by atoms with E-state index in [9.17, 15) is 0 Å². The molecule has 0 bridgehead atoms. The minimum atomic E-state index is 0.437. The Morgan fingerprint density at radius 3 is 2.54 bits per heavy atom. The molecular weight excluding hydrogens is 308 g/mol. The van der Waals surface area contributed by atoms with Crippen LogP contribution in [0.1, 0.15) is 11.3 Å². The van der Waals surface area contributed by atoms with Gasteiger partial charge in [0.2, 0.25) is 0 Å². The Balaban J connectivity index is 2.14. The highest BCUT2D eigenvalue weighted by atomic mass is 16.5. The molecule has 3 rings (SSSR count). The number of hydrogen-bond acceptors (Lipinski definition) is 6. The van der Waals surface area contributed by atoms with E-state index in [-0.39, 0.29) is 0 Å². The number of ether oxygens (including phenoxy) is 3. The standard InChI is InChI=1S/C17H20N4O3/c1-11-9-19-21(12(11)2)15-10-18-20-14-8-16(23-4)17(7-13(14)15)24-6-5-22-3/h7-10H,5-6H2,1-4H3. The molecule has 0 saturated heterocycles. The maximum absolute atomic E-state index is 5.78. The van der Waals surface area contributed by atoms with Crippen molar-refractivity contribution in [1.29, 1.82) is 0 Å². The monoisotopic (exact) mass is 328 g/mol. The number of hydrogen-bond donors (Lipinski definition) is 0. The van der Waals surface area contributed by atoms with Crippen LogP contribution in [0.25, 0.3) is 16.6 Å². The fourth-order valence-corrected chi connectivity index (χ4v) is 2.46. The van der Waals surface area contributed by atoms with Gasteiger partial charge in [0.1, 0.15) is 6.61 Å². The van der Waals surface area contributed by atoms with E-state index in [4.69, 9.17) is 14.2 Å². The molecule has 7 heteroatoms. The smallest absolute Gasteiger partial charge is 0.163 e. The molecule has 2 aromatic heterocycles. The van der Waals surface area contributed by atoms with E-state index in [2.05, 4.69) is 15.3 Å². The number of benzene rings is 1. The molecule has 0 aliphatic heterocycles.